The van der Waals surface area contributed by atoms with Crippen LogP contribution in [-0.2, 0) is 6.42 Å². The highest BCUT2D eigenvalue weighted by atomic mass is 16.5. The number of amides is 1. The number of methoxy groups -OCH3 is 2. The lowest BCUT2D eigenvalue weighted by Gasteiger charge is -2.20. The quantitative estimate of drug-likeness (QED) is 0.682. The summed E-state index contributed by atoms with van der Waals surface area (Å²) in [5.41, 5.74) is 2.66. The van der Waals surface area contributed by atoms with Gasteiger partial charge < -0.3 is 19.8 Å². The van der Waals surface area contributed by atoms with Gasteiger partial charge in [0.25, 0.3) is 5.91 Å². The lowest BCUT2D eigenvalue weighted by Crippen LogP contribution is -2.30. The van der Waals surface area contributed by atoms with Crippen molar-refractivity contribution in [1.82, 2.24) is 10.3 Å². The third-order valence-corrected chi connectivity index (χ3v) is 4.26. The van der Waals surface area contributed by atoms with E-state index in [4.69, 9.17) is 9.47 Å². The van der Waals surface area contributed by atoms with E-state index in [1.165, 1.54) is 0 Å². The molecule has 2 aromatic carbocycles. The van der Waals surface area contributed by atoms with Crippen molar-refractivity contribution in [2.45, 2.75) is 12.5 Å². The van der Waals surface area contributed by atoms with E-state index in [0.29, 0.717) is 12.1 Å². The largest absolute Gasteiger partial charge is 0.497 e. The Morgan fingerprint density at radius 3 is 2.12 bits per heavy atom. The van der Waals surface area contributed by atoms with Crippen LogP contribution in [0, 0.1) is 0 Å². The van der Waals surface area contributed by atoms with Crippen molar-refractivity contribution in [2.24, 2.45) is 0 Å². The molecule has 1 aromatic heterocycles. The molecule has 3 aromatic rings. The van der Waals surface area contributed by atoms with Gasteiger partial charge >= 0.3 is 0 Å². The summed E-state index contributed by atoms with van der Waals surface area (Å²) < 4.78 is 10.4. The summed E-state index contributed by atoms with van der Waals surface area (Å²) in [6.45, 7) is 0. The van der Waals surface area contributed by atoms with Crippen LogP contribution in [0.25, 0.3) is 0 Å². The van der Waals surface area contributed by atoms with Crippen LogP contribution < -0.4 is 14.8 Å². The molecule has 134 valence electrons. The van der Waals surface area contributed by atoms with Gasteiger partial charge in [-0.1, -0.05) is 24.3 Å². The van der Waals surface area contributed by atoms with E-state index in [2.05, 4.69) is 10.3 Å². The summed E-state index contributed by atoms with van der Waals surface area (Å²) in [6, 6.07) is 19.0. The lowest BCUT2D eigenvalue weighted by atomic mass is 9.98. The molecule has 5 heteroatoms. The van der Waals surface area contributed by atoms with Gasteiger partial charge in [-0.2, -0.15) is 0 Å². The molecule has 1 amide bonds. The molecular weight excluding hydrogens is 328 g/mol. The molecule has 2 N–H and O–H groups in total. The second-order valence-corrected chi connectivity index (χ2v) is 5.94. The molecule has 1 heterocycles. The molecule has 5 nitrogen and oxygen atoms in total. The Morgan fingerprint density at radius 1 is 0.962 bits per heavy atom. The van der Waals surface area contributed by atoms with Crippen LogP contribution in [0.1, 0.15) is 27.7 Å². The third kappa shape index (κ3) is 4.25. The van der Waals surface area contributed by atoms with Crippen molar-refractivity contribution in [2.75, 3.05) is 14.2 Å². The van der Waals surface area contributed by atoms with Crippen LogP contribution >= 0.6 is 0 Å². The number of benzene rings is 2. The molecule has 0 fully saturated rings. The zero-order valence-corrected chi connectivity index (χ0v) is 14.9. The number of nitrogens with one attached hydrogen (secondary N) is 2. The Hall–Kier alpha value is -3.21. The molecule has 0 radical (unpaired) electrons. The Balaban J connectivity index is 1.82. The van der Waals surface area contributed by atoms with Crippen LogP contribution in [0.2, 0.25) is 0 Å². The van der Waals surface area contributed by atoms with E-state index in [9.17, 15) is 4.79 Å². The van der Waals surface area contributed by atoms with E-state index in [0.717, 1.165) is 22.6 Å². The van der Waals surface area contributed by atoms with Crippen LogP contribution in [0.4, 0.5) is 0 Å². The maximum Gasteiger partial charge on any atom is 0.268 e. The summed E-state index contributed by atoms with van der Waals surface area (Å²) in [5.74, 6) is 1.46. The van der Waals surface area contributed by atoms with E-state index >= 15 is 0 Å². The molecule has 26 heavy (non-hydrogen) atoms. The number of H-pyrrole nitrogens is 1. The average Bonchev–Trinajstić information content (AvgIpc) is 3.23. The van der Waals surface area contributed by atoms with Crippen molar-refractivity contribution in [1.29, 1.82) is 0 Å². The zero-order valence-electron chi connectivity index (χ0n) is 14.9. The first-order valence-corrected chi connectivity index (χ1v) is 8.40. The summed E-state index contributed by atoms with van der Waals surface area (Å²) in [5, 5.41) is 3.11. The fourth-order valence-corrected chi connectivity index (χ4v) is 2.79. The third-order valence-electron chi connectivity index (χ3n) is 4.26. The predicted octanol–water partition coefficient (Wildman–Crippen LogP) is 3.75. The SMILES string of the molecule is COc1ccc(C[C@H](NC(=O)c2ccc[nH]2)c2ccc(OC)cc2)cc1. The smallest absolute Gasteiger partial charge is 0.268 e. The molecule has 0 aliphatic rings. The number of aromatic nitrogens is 1. The fourth-order valence-electron chi connectivity index (χ4n) is 2.79. The van der Waals surface area contributed by atoms with Crippen molar-refractivity contribution < 1.29 is 14.3 Å². The maximum absolute atomic E-state index is 12.5. The van der Waals surface area contributed by atoms with Crippen LogP contribution in [-0.4, -0.2) is 25.1 Å². The molecule has 3 rings (SSSR count). The van der Waals surface area contributed by atoms with Gasteiger partial charge in [0, 0.05) is 6.20 Å². The van der Waals surface area contributed by atoms with Gasteiger partial charge in [-0.3, -0.25) is 4.79 Å². The summed E-state index contributed by atoms with van der Waals surface area (Å²) in [7, 11) is 3.28. The minimum Gasteiger partial charge on any atom is -0.497 e. The molecule has 0 bridgehead atoms. The number of rotatable bonds is 7. The minimum atomic E-state index is -0.162. The van der Waals surface area contributed by atoms with E-state index in [1.54, 1.807) is 32.5 Å². The van der Waals surface area contributed by atoms with E-state index in [-0.39, 0.29) is 11.9 Å². The van der Waals surface area contributed by atoms with Gasteiger partial charge in [-0.15, -0.1) is 0 Å². The van der Waals surface area contributed by atoms with E-state index < -0.39 is 0 Å². The average molecular weight is 350 g/mol. The molecule has 0 aliphatic carbocycles. The van der Waals surface area contributed by atoms with Crippen LogP contribution in [0.15, 0.2) is 66.9 Å². The summed E-state index contributed by atoms with van der Waals surface area (Å²) in [6.07, 6.45) is 2.41. The number of hydrogen-bond donors (Lipinski definition) is 2. The predicted molar refractivity (Wildman–Crippen MR) is 101 cm³/mol. The van der Waals surface area contributed by atoms with Gasteiger partial charge in [0.15, 0.2) is 0 Å². The molecule has 0 aliphatic heterocycles. The van der Waals surface area contributed by atoms with Gasteiger partial charge in [0.1, 0.15) is 17.2 Å². The van der Waals surface area contributed by atoms with Gasteiger partial charge in [0.2, 0.25) is 0 Å². The molecule has 0 saturated carbocycles. The first-order valence-electron chi connectivity index (χ1n) is 8.40. The first-order chi connectivity index (χ1) is 12.7. The number of hydrogen-bond acceptors (Lipinski definition) is 3. The number of ether oxygens (including phenoxy) is 2. The normalized spacial score (nSPS) is 11.6. The maximum atomic E-state index is 12.5. The Labute approximate surface area is 153 Å². The highest BCUT2D eigenvalue weighted by Crippen LogP contribution is 2.23. The fraction of sp³-hybridized carbons (Fsp3) is 0.190. The number of aromatic amines is 1. The Kier molecular flexibility index (Phi) is 5.59. The molecule has 0 spiro atoms. The summed E-state index contributed by atoms with van der Waals surface area (Å²) in [4.78, 5) is 15.5. The Bertz CT molecular complexity index is 825. The zero-order chi connectivity index (χ0) is 18.4. The van der Waals surface area contributed by atoms with Gasteiger partial charge in [0.05, 0.1) is 20.3 Å². The van der Waals surface area contributed by atoms with Gasteiger partial charge in [-0.05, 0) is 53.9 Å². The van der Waals surface area contributed by atoms with Crippen molar-refractivity contribution in [3.05, 3.63) is 83.7 Å². The minimum absolute atomic E-state index is 0.135. The Morgan fingerprint density at radius 2 is 1.58 bits per heavy atom. The number of carbonyl (C=O) groups excluding carboxylic acids is 1. The highest BCUT2D eigenvalue weighted by molar-refractivity contribution is 5.92. The molecule has 0 unspecified atom stereocenters. The topological polar surface area (TPSA) is 63.3 Å². The molecule has 0 saturated heterocycles. The van der Waals surface area contributed by atoms with Crippen LogP contribution in [0.3, 0.4) is 0 Å². The van der Waals surface area contributed by atoms with Gasteiger partial charge in [-0.25, -0.2) is 0 Å². The second kappa shape index (κ2) is 8.25. The molecule has 1 atom stereocenters. The first kappa shape index (κ1) is 17.6. The lowest BCUT2D eigenvalue weighted by molar-refractivity contribution is 0.0932. The second-order valence-electron chi connectivity index (χ2n) is 5.94. The molecular formula is C21H22N2O3. The van der Waals surface area contributed by atoms with Crippen molar-refractivity contribution >= 4 is 5.91 Å². The highest BCUT2D eigenvalue weighted by Gasteiger charge is 2.17. The van der Waals surface area contributed by atoms with Crippen molar-refractivity contribution in [3.63, 3.8) is 0 Å². The van der Waals surface area contributed by atoms with Crippen LogP contribution in [0.5, 0.6) is 11.5 Å². The van der Waals surface area contributed by atoms with Crippen molar-refractivity contribution in [3.8, 4) is 11.5 Å². The summed E-state index contributed by atoms with van der Waals surface area (Å²) >= 11 is 0. The monoisotopic (exact) mass is 350 g/mol. The standard InChI is InChI=1S/C21H22N2O3/c1-25-17-9-5-15(6-10-17)14-20(16-7-11-18(26-2)12-8-16)23-21(24)19-4-3-13-22-19/h3-13,20,22H,14H2,1-2H3,(H,23,24)/t20-/m0/s1. The van der Waals surface area contributed by atoms with E-state index in [1.807, 2.05) is 48.5 Å². The number of carbonyl (C=O) groups is 1.